The van der Waals surface area contributed by atoms with Crippen molar-refractivity contribution in [3.05, 3.63) is 22.4 Å². The standard InChI is InChI=1S/C16H26N4OS/c1-2-17-16(18-11-14-4-10-22-13-14)20-5-3-15(12-20)19-6-8-21-9-7-19/h4,10,13,15H,2-3,5-9,11-12H2,1H3,(H,17,18). The second-order valence-corrected chi connectivity index (χ2v) is 6.62. The summed E-state index contributed by atoms with van der Waals surface area (Å²) in [6.45, 7) is 9.89. The predicted molar refractivity (Wildman–Crippen MR) is 91.5 cm³/mol. The second kappa shape index (κ2) is 7.94. The van der Waals surface area contributed by atoms with Crippen LogP contribution in [-0.2, 0) is 11.3 Å². The number of likely N-dealkylation sites (tertiary alicyclic amines) is 1. The Balaban J connectivity index is 1.58. The summed E-state index contributed by atoms with van der Waals surface area (Å²) in [7, 11) is 0. The number of aliphatic imine (C=N–C) groups is 1. The van der Waals surface area contributed by atoms with Crippen LogP contribution in [0.3, 0.4) is 0 Å². The van der Waals surface area contributed by atoms with Crippen molar-refractivity contribution in [2.75, 3.05) is 45.9 Å². The van der Waals surface area contributed by atoms with Crippen molar-refractivity contribution < 1.29 is 4.74 Å². The molecular formula is C16H26N4OS. The van der Waals surface area contributed by atoms with Gasteiger partial charge in [0.25, 0.3) is 0 Å². The van der Waals surface area contributed by atoms with E-state index >= 15 is 0 Å². The Hall–Kier alpha value is -1.11. The summed E-state index contributed by atoms with van der Waals surface area (Å²) in [5.74, 6) is 1.06. The molecule has 0 aromatic carbocycles. The molecule has 122 valence electrons. The Bertz CT molecular complexity index is 471. The molecular weight excluding hydrogens is 296 g/mol. The number of ether oxygens (including phenoxy) is 1. The first-order chi connectivity index (χ1) is 10.9. The van der Waals surface area contributed by atoms with Crippen LogP contribution < -0.4 is 5.32 Å². The highest BCUT2D eigenvalue weighted by molar-refractivity contribution is 7.07. The van der Waals surface area contributed by atoms with Crippen LogP contribution in [0, 0.1) is 0 Å². The SMILES string of the molecule is CCNC(=NCc1ccsc1)N1CCC(N2CCOCC2)C1. The lowest BCUT2D eigenvalue weighted by atomic mass is 10.2. The van der Waals surface area contributed by atoms with Crippen LogP contribution in [0.25, 0.3) is 0 Å². The normalized spacial score (nSPS) is 24.0. The number of hydrogen-bond donors (Lipinski definition) is 1. The lowest BCUT2D eigenvalue weighted by Crippen LogP contribution is -2.46. The van der Waals surface area contributed by atoms with E-state index in [2.05, 4.69) is 38.9 Å². The molecule has 0 saturated carbocycles. The van der Waals surface area contributed by atoms with Gasteiger partial charge in [0.05, 0.1) is 19.8 Å². The molecule has 0 amide bonds. The largest absolute Gasteiger partial charge is 0.379 e. The summed E-state index contributed by atoms with van der Waals surface area (Å²) in [5.41, 5.74) is 1.30. The van der Waals surface area contributed by atoms with Crippen molar-refractivity contribution in [1.29, 1.82) is 0 Å². The first-order valence-corrected chi connectivity index (χ1v) is 9.17. The molecule has 2 saturated heterocycles. The Labute approximate surface area is 137 Å². The van der Waals surface area contributed by atoms with E-state index in [0.717, 1.165) is 58.4 Å². The summed E-state index contributed by atoms with van der Waals surface area (Å²) in [6, 6.07) is 2.80. The third kappa shape index (κ3) is 4.00. The molecule has 5 nitrogen and oxygen atoms in total. The van der Waals surface area contributed by atoms with Crippen molar-refractivity contribution in [2.45, 2.75) is 25.9 Å². The monoisotopic (exact) mass is 322 g/mol. The van der Waals surface area contributed by atoms with E-state index in [1.807, 2.05) is 0 Å². The van der Waals surface area contributed by atoms with Gasteiger partial charge in [-0.3, -0.25) is 4.90 Å². The summed E-state index contributed by atoms with van der Waals surface area (Å²) < 4.78 is 5.46. The number of guanidine groups is 1. The number of nitrogens with one attached hydrogen (secondary N) is 1. The highest BCUT2D eigenvalue weighted by atomic mass is 32.1. The van der Waals surface area contributed by atoms with Crippen molar-refractivity contribution in [2.24, 2.45) is 4.99 Å². The first-order valence-electron chi connectivity index (χ1n) is 8.23. The van der Waals surface area contributed by atoms with Crippen LogP contribution in [0.15, 0.2) is 21.8 Å². The maximum atomic E-state index is 5.46. The van der Waals surface area contributed by atoms with Crippen LogP contribution in [-0.4, -0.2) is 67.7 Å². The van der Waals surface area contributed by atoms with Crippen molar-refractivity contribution in [3.63, 3.8) is 0 Å². The minimum absolute atomic E-state index is 0.647. The zero-order valence-corrected chi connectivity index (χ0v) is 14.1. The fraction of sp³-hybridized carbons (Fsp3) is 0.688. The lowest BCUT2D eigenvalue weighted by Gasteiger charge is -2.32. The Kier molecular flexibility index (Phi) is 5.70. The van der Waals surface area contributed by atoms with Crippen molar-refractivity contribution >= 4 is 17.3 Å². The van der Waals surface area contributed by atoms with E-state index in [-0.39, 0.29) is 0 Å². The van der Waals surface area contributed by atoms with Gasteiger partial charge in [-0.25, -0.2) is 4.99 Å². The quantitative estimate of drug-likeness (QED) is 0.675. The maximum Gasteiger partial charge on any atom is 0.194 e. The van der Waals surface area contributed by atoms with E-state index in [4.69, 9.17) is 9.73 Å². The average Bonchev–Trinajstić information content (AvgIpc) is 3.24. The highest BCUT2D eigenvalue weighted by Crippen LogP contribution is 2.17. The fourth-order valence-electron chi connectivity index (χ4n) is 3.15. The van der Waals surface area contributed by atoms with Gasteiger partial charge in [0.1, 0.15) is 0 Å². The molecule has 3 heterocycles. The average molecular weight is 322 g/mol. The van der Waals surface area contributed by atoms with E-state index in [0.29, 0.717) is 6.04 Å². The van der Waals surface area contributed by atoms with Gasteiger partial charge in [0.15, 0.2) is 5.96 Å². The van der Waals surface area contributed by atoms with Gasteiger partial charge in [0.2, 0.25) is 0 Å². The summed E-state index contributed by atoms with van der Waals surface area (Å²) in [6.07, 6.45) is 1.23. The predicted octanol–water partition coefficient (Wildman–Crippen LogP) is 1.62. The molecule has 1 atom stereocenters. The van der Waals surface area contributed by atoms with Crippen LogP contribution >= 0.6 is 11.3 Å². The number of hydrogen-bond acceptors (Lipinski definition) is 4. The van der Waals surface area contributed by atoms with Gasteiger partial charge in [-0.15, -0.1) is 0 Å². The first kappa shape index (κ1) is 15.8. The topological polar surface area (TPSA) is 40.1 Å². The van der Waals surface area contributed by atoms with Gasteiger partial charge >= 0.3 is 0 Å². The molecule has 6 heteroatoms. The minimum atomic E-state index is 0.647. The lowest BCUT2D eigenvalue weighted by molar-refractivity contribution is 0.0195. The van der Waals surface area contributed by atoms with Crippen LogP contribution in [0.2, 0.25) is 0 Å². The summed E-state index contributed by atoms with van der Waals surface area (Å²) >= 11 is 1.73. The molecule has 0 spiro atoms. The Morgan fingerprint density at radius 1 is 1.41 bits per heavy atom. The van der Waals surface area contributed by atoms with Gasteiger partial charge in [-0.1, -0.05) is 0 Å². The molecule has 0 bridgehead atoms. The molecule has 1 unspecified atom stereocenters. The molecule has 1 aromatic rings. The molecule has 3 rings (SSSR count). The third-order valence-corrected chi connectivity index (χ3v) is 5.08. The van der Waals surface area contributed by atoms with Gasteiger partial charge in [-0.2, -0.15) is 11.3 Å². The minimum Gasteiger partial charge on any atom is -0.379 e. The van der Waals surface area contributed by atoms with Gasteiger partial charge < -0.3 is 15.0 Å². The van der Waals surface area contributed by atoms with E-state index < -0.39 is 0 Å². The van der Waals surface area contributed by atoms with Crippen LogP contribution in [0.1, 0.15) is 18.9 Å². The summed E-state index contributed by atoms with van der Waals surface area (Å²) in [4.78, 5) is 9.80. The molecule has 0 radical (unpaired) electrons. The molecule has 22 heavy (non-hydrogen) atoms. The van der Waals surface area contributed by atoms with E-state index in [1.54, 1.807) is 11.3 Å². The number of nitrogens with zero attached hydrogens (tertiary/aromatic N) is 3. The number of rotatable bonds is 4. The molecule has 1 aromatic heterocycles. The smallest absolute Gasteiger partial charge is 0.194 e. The van der Waals surface area contributed by atoms with Gasteiger partial charge in [0, 0.05) is 38.8 Å². The maximum absolute atomic E-state index is 5.46. The molecule has 2 aliphatic rings. The number of thiophene rings is 1. The molecule has 1 N–H and O–H groups in total. The third-order valence-electron chi connectivity index (χ3n) is 4.35. The molecule has 0 aliphatic carbocycles. The van der Waals surface area contributed by atoms with Crippen LogP contribution in [0.5, 0.6) is 0 Å². The molecule has 2 fully saturated rings. The van der Waals surface area contributed by atoms with Crippen LogP contribution in [0.4, 0.5) is 0 Å². The zero-order chi connectivity index (χ0) is 15.2. The van der Waals surface area contributed by atoms with Crippen molar-refractivity contribution in [3.8, 4) is 0 Å². The summed E-state index contributed by atoms with van der Waals surface area (Å²) in [5, 5.41) is 7.73. The van der Waals surface area contributed by atoms with Gasteiger partial charge in [-0.05, 0) is 35.7 Å². The van der Waals surface area contributed by atoms with E-state index in [9.17, 15) is 0 Å². The molecule has 2 aliphatic heterocycles. The van der Waals surface area contributed by atoms with Crippen molar-refractivity contribution in [1.82, 2.24) is 15.1 Å². The highest BCUT2D eigenvalue weighted by Gasteiger charge is 2.30. The second-order valence-electron chi connectivity index (χ2n) is 5.84. The van der Waals surface area contributed by atoms with E-state index in [1.165, 1.54) is 12.0 Å². The number of morpholine rings is 1. The fourth-order valence-corrected chi connectivity index (χ4v) is 3.81. The Morgan fingerprint density at radius 2 is 2.27 bits per heavy atom. The zero-order valence-electron chi connectivity index (χ0n) is 13.3. The Morgan fingerprint density at radius 3 is 3.00 bits per heavy atom.